The van der Waals surface area contributed by atoms with E-state index < -0.39 is 5.97 Å². The third-order valence-electron chi connectivity index (χ3n) is 2.91. The van der Waals surface area contributed by atoms with Gasteiger partial charge in [-0.25, -0.2) is 4.79 Å². The van der Waals surface area contributed by atoms with Gasteiger partial charge in [-0.1, -0.05) is 30.3 Å². The maximum Gasteiger partial charge on any atom is 0.337 e. The first-order chi connectivity index (χ1) is 10.2. The molecule has 0 spiro atoms. The zero-order chi connectivity index (χ0) is 15.1. The Hall–Kier alpha value is -2.69. The van der Waals surface area contributed by atoms with Crippen molar-refractivity contribution >= 4 is 11.9 Å². The van der Waals surface area contributed by atoms with Crippen LogP contribution < -0.4 is 5.32 Å². The van der Waals surface area contributed by atoms with E-state index >= 15 is 0 Å². The van der Waals surface area contributed by atoms with Crippen LogP contribution in [0.15, 0.2) is 48.7 Å². The molecule has 1 aromatic heterocycles. The van der Waals surface area contributed by atoms with Crippen LogP contribution in [0.25, 0.3) is 0 Å². The highest BCUT2D eigenvalue weighted by atomic mass is 16.5. The second-order valence-electron chi connectivity index (χ2n) is 4.47. The second-order valence-corrected chi connectivity index (χ2v) is 4.47. The SMILES string of the molecule is COC(=O)c1ccnc(CNC(=O)Cc2ccccc2)c1. The molecule has 0 atom stereocenters. The number of carbonyl (C=O) groups is 2. The van der Waals surface area contributed by atoms with E-state index in [1.807, 2.05) is 30.3 Å². The van der Waals surface area contributed by atoms with Gasteiger partial charge in [0.05, 0.1) is 31.3 Å². The Morgan fingerprint density at radius 3 is 2.67 bits per heavy atom. The normalized spacial score (nSPS) is 9.95. The van der Waals surface area contributed by atoms with Gasteiger partial charge in [0, 0.05) is 6.20 Å². The van der Waals surface area contributed by atoms with Gasteiger partial charge in [-0.3, -0.25) is 9.78 Å². The molecular weight excluding hydrogens is 268 g/mol. The lowest BCUT2D eigenvalue weighted by atomic mass is 10.1. The van der Waals surface area contributed by atoms with Gasteiger partial charge in [-0.05, 0) is 17.7 Å². The van der Waals surface area contributed by atoms with E-state index in [-0.39, 0.29) is 12.5 Å². The highest BCUT2D eigenvalue weighted by Crippen LogP contribution is 2.04. The fourth-order valence-electron chi connectivity index (χ4n) is 1.85. The first kappa shape index (κ1) is 14.7. The number of hydrogen-bond donors (Lipinski definition) is 1. The average molecular weight is 284 g/mol. The Bertz CT molecular complexity index is 626. The van der Waals surface area contributed by atoms with E-state index in [4.69, 9.17) is 0 Å². The fourth-order valence-corrected chi connectivity index (χ4v) is 1.85. The molecule has 5 heteroatoms. The summed E-state index contributed by atoms with van der Waals surface area (Å²) in [5.74, 6) is -0.513. The Balaban J connectivity index is 1.91. The van der Waals surface area contributed by atoms with E-state index in [2.05, 4.69) is 15.0 Å². The molecule has 0 bridgehead atoms. The lowest BCUT2D eigenvalue weighted by Gasteiger charge is -2.06. The molecule has 0 radical (unpaired) electrons. The maximum atomic E-state index is 11.8. The van der Waals surface area contributed by atoms with Crippen molar-refractivity contribution in [3.63, 3.8) is 0 Å². The van der Waals surface area contributed by atoms with E-state index in [0.29, 0.717) is 17.7 Å². The highest BCUT2D eigenvalue weighted by Gasteiger charge is 2.08. The summed E-state index contributed by atoms with van der Waals surface area (Å²) in [5, 5.41) is 2.78. The summed E-state index contributed by atoms with van der Waals surface area (Å²) in [7, 11) is 1.32. The van der Waals surface area contributed by atoms with Crippen LogP contribution in [0.4, 0.5) is 0 Å². The van der Waals surface area contributed by atoms with Crippen LogP contribution in [-0.2, 0) is 22.5 Å². The number of esters is 1. The molecule has 0 aliphatic carbocycles. The van der Waals surface area contributed by atoms with E-state index in [1.165, 1.54) is 13.3 Å². The molecule has 2 aromatic rings. The number of benzene rings is 1. The quantitative estimate of drug-likeness (QED) is 0.849. The average Bonchev–Trinajstić information content (AvgIpc) is 2.53. The third kappa shape index (κ3) is 4.42. The van der Waals surface area contributed by atoms with Gasteiger partial charge in [-0.2, -0.15) is 0 Å². The number of pyridine rings is 1. The Labute approximate surface area is 123 Å². The van der Waals surface area contributed by atoms with Crippen LogP contribution in [-0.4, -0.2) is 24.0 Å². The van der Waals surface area contributed by atoms with Crippen molar-refractivity contribution in [2.45, 2.75) is 13.0 Å². The molecule has 0 aliphatic heterocycles. The smallest absolute Gasteiger partial charge is 0.337 e. The van der Waals surface area contributed by atoms with Crippen molar-refractivity contribution < 1.29 is 14.3 Å². The van der Waals surface area contributed by atoms with Crippen LogP contribution >= 0.6 is 0 Å². The first-order valence-electron chi connectivity index (χ1n) is 6.53. The van der Waals surface area contributed by atoms with Gasteiger partial charge in [0.2, 0.25) is 5.91 Å². The van der Waals surface area contributed by atoms with Crippen molar-refractivity contribution in [2.24, 2.45) is 0 Å². The summed E-state index contributed by atoms with van der Waals surface area (Å²) in [5.41, 5.74) is 1.98. The lowest BCUT2D eigenvalue weighted by Crippen LogP contribution is -2.25. The second kappa shape index (κ2) is 7.19. The molecule has 0 aliphatic rings. The third-order valence-corrected chi connectivity index (χ3v) is 2.91. The van der Waals surface area contributed by atoms with Crippen molar-refractivity contribution in [3.8, 4) is 0 Å². The van der Waals surface area contributed by atoms with Gasteiger partial charge < -0.3 is 10.1 Å². The molecule has 1 heterocycles. The summed E-state index contributed by atoms with van der Waals surface area (Å²) in [6.45, 7) is 0.274. The Morgan fingerprint density at radius 1 is 1.19 bits per heavy atom. The summed E-state index contributed by atoms with van der Waals surface area (Å²) < 4.78 is 4.64. The van der Waals surface area contributed by atoms with Crippen LogP contribution in [0.2, 0.25) is 0 Å². The predicted octanol–water partition coefficient (Wildman–Crippen LogP) is 1.73. The number of carbonyl (C=O) groups excluding carboxylic acids is 2. The maximum absolute atomic E-state index is 11.8. The van der Waals surface area contributed by atoms with Gasteiger partial charge in [0.25, 0.3) is 0 Å². The first-order valence-corrected chi connectivity index (χ1v) is 6.53. The van der Waals surface area contributed by atoms with Crippen LogP contribution in [0, 0.1) is 0 Å². The summed E-state index contributed by atoms with van der Waals surface area (Å²) in [4.78, 5) is 27.4. The zero-order valence-corrected chi connectivity index (χ0v) is 11.7. The molecule has 2 rings (SSSR count). The lowest BCUT2D eigenvalue weighted by molar-refractivity contribution is -0.120. The standard InChI is InChI=1S/C16H16N2O3/c1-21-16(20)13-7-8-17-14(10-13)11-18-15(19)9-12-5-3-2-4-6-12/h2-8,10H,9,11H2,1H3,(H,18,19). The van der Waals surface area contributed by atoms with Gasteiger partial charge >= 0.3 is 5.97 Å². The zero-order valence-electron chi connectivity index (χ0n) is 11.7. The molecule has 1 N–H and O–H groups in total. The predicted molar refractivity (Wildman–Crippen MR) is 77.6 cm³/mol. The van der Waals surface area contributed by atoms with Crippen LogP contribution in [0.5, 0.6) is 0 Å². The van der Waals surface area contributed by atoms with E-state index in [9.17, 15) is 9.59 Å². The summed E-state index contributed by atoms with van der Waals surface area (Å²) in [6.07, 6.45) is 1.84. The van der Waals surface area contributed by atoms with E-state index in [1.54, 1.807) is 12.1 Å². The minimum Gasteiger partial charge on any atom is -0.465 e. The molecule has 5 nitrogen and oxygen atoms in total. The molecule has 0 unspecified atom stereocenters. The van der Waals surface area contributed by atoms with E-state index in [0.717, 1.165) is 5.56 Å². The number of hydrogen-bond acceptors (Lipinski definition) is 4. The minimum absolute atomic E-state index is 0.0912. The number of amides is 1. The van der Waals surface area contributed by atoms with Crippen molar-refractivity contribution in [2.75, 3.05) is 7.11 Å². The number of rotatable bonds is 5. The largest absolute Gasteiger partial charge is 0.465 e. The molecule has 0 saturated heterocycles. The van der Waals surface area contributed by atoms with Crippen LogP contribution in [0.1, 0.15) is 21.6 Å². The molecule has 1 amide bonds. The summed E-state index contributed by atoms with van der Waals surface area (Å²) in [6, 6.07) is 12.7. The highest BCUT2D eigenvalue weighted by molar-refractivity contribution is 5.89. The molecular formula is C16H16N2O3. The summed E-state index contributed by atoms with van der Waals surface area (Å²) >= 11 is 0. The number of nitrogens with zero attached hydrogens (tertiary/aromatic N) is 1. The minimum atomic E-state index is -0.422. The number of aromatic nitrogens is 1. The molecule has 0 fully saturated rings. The van der Waals surface area contributed by atoms with Crippen molar-refractivity contribution in [1.82, 2.24) is 10.3 Å². The topological polar surface area (TPSA) is 68.3 Å². The molecule has 108 valence electrons. The van der Waals surface area contributed by atoms with Gasteiger partial charge in [0.15, 0.2) is 0 Å². The fraction of sp³-hybridized carbons (Fsp3) is 0.188. The monoisotopic (exact) mass is 284 g/mol. The number of ether oxygens (including phenoxy) is 1. The molecule has 0 saturated carbocycles. The molecule has 1 aromatic carbocycles. The van der Waals surface area contributed by atoms with Crippen LogP contribution in [0.3, 0.4) is 0 Å². The Kier molecular flexibility index (Phi) is 5.04. The number of nitrogens with one attached hydrogen (secondary N) is 1. The molecule has 21 heavy (non-hydrogen) atoms. The van der Waals surface area contributed by atoms with Gasteiger partial charge in [0.1, 0.15) is 0 Å². The van der Waals surface area contributed by atoms with Gasteiger partial charge in [-0.15, -0.1) is 0 Å². The Morgan fingerprint density at radius 2 is 1.95 bits per heavy atom. The van der Waals surface area contributed by atoms with Crippen molar-refractivity contribution in [1.29, 1.82) is 0 Å². The number of methoxy groups -OCH3 is 1. The van der Waals surface area contributed by atoms with Crippen molar-refractivity contribution in [3.05, 3.63) is 65.5 Å².